The third-order valence-electron chi connectivity index (χ3n) is 8.65. The summed E-state index contributed by atoms with van der Waals surface area (Å²) >= 11 is 0. The lowest BCUT2D eigenvalue weighted by Gasteiger charge is -2.13. The molecule has 0 amide bonds. The summed E-state index contributed by atoms with van der Waals surface area (Å²) in [6.07, 6.45) is 3.72. The second kappa shape index (κ2) is 8.51. The van der Waals surface area contributed by atoms with E-state index >= 15 is 0 Å². The maximum absolute atomic E-state index is 4.27. The van der Waals surface area contributed by atoms with E-state index in [2.05, 4.69) is 137 Å². The molecule has 0 atom stereocenters. The molecule has 0 bridgehead atoms. The van der Waals surface area contributed by atoms with Gasteiger partial charge in [-0.05, 0) is 80.2 Å². The molecular weight excluding hydrogens is 496 g/mol. The van der Waals surface area contributed by atoms with Crippen LogP contribution >= 0.6 is 0 Å². The van der Waals surface area contributed by atoms with Crippen molar-refractivity contribution < 1.29 is 0 Å². The third kappa shape index (κ3) is 3.22. The number of aromatic nitrogens is 2. The highest BCUT2D eigenvalue weighted by atomic mass is 15.0. The largest absolute Gasteiger partial charge is 0.309 e. The summed E-state index contributed by atoms with van der Waals surface area (Å²) in [5.74, 6) is 0. The van der Waals surface area contributed by atoms with E-state index in [-0.39, 0.29) is 0 Å². The number of nitrogens with zero attached hydrogens (tertiary/aromatic N) is 2. The van der Waals surface area contributed by atoms with E-state index in [4.69, 9.17) is 0 Å². The van der Waals surface area contributed by atoms with E-state index in [1.165, 1.54) is 77.2 Å². The van der Waals surface area contributed by atoms with Gasteiger partial charge in [-0.15, -0.1) is 0 Å². The minimum Gasteiger partial charge on any atom is -0.309 e. The van der Waals surface area contributed by atoms with Crippen LogP contribution in [0.1, 0.15) is 0 Å². The Bertz CT molecular complexity index is 2260. The van der Waals surface area contributed by atoms with Gasteiger partial charge in [0.05, 0.1) is 16.7 Å². The fourth-order valence-electron chi connectivity index (χ4n) is 6.79. The molecule has 0 radical (unpaired) electrons. The summed E-state index contributed by atoms with van der Waals surface area (Å²) < 4.78 is 2.45. The lowest BCUT2D eigenvalue weighted by Crippen LogP contribution is -1.95. The molecule has 2 heterocycles. The molecule has 0 spiro atoms. The van der Waals surface area contributed by atoms with E-state index in [0.29, 0.717) is 0 Å². The molecule has 0 fully saturated rings. The number of hydrogen-bond donors (Lipinski definition) is 0. The molecule has 1 aliphatic carbocycles. The average Bonchev–Trinajstić information content (AvgIpc) is 3.55. The van der Waals surface area contributed by atoms with Gasteiger partial charge in [-0.1, -0.05) is 103 Å². The minimum absolute atomic E-state index is 1.13. The molecule has 0 saturated carbocycles. The molecule has 0 unspecified atom stereocenters. The van der Waals surface area contributed by atoms with Crippen LogP contribution in [0.4, 0.5) is 0 Å². The third-order valence-corrected chi connectivity index (χ3v) is 8.65. The van der Waals surface area contributed by atoms with E-state index in [1.807, 2.05) is 18.5 Å². The SMILES string of the molecule is c1cncc(-c2ccc(-c3ccc4c(c3)c3ccccc3n4-c3ccc4c5c(cccc35)-c3ccccc3-4)cc2)c1. The fourth-order valence-corrected chi connectivity index (χ4v) is 6.79. The first-order chi connectivity index (χ1) is 20.3. The Kier molecular flexibility index (Phi) is 4.64. The molecule has 0 N–H and O–H groups in total. The maximum atomic E-state index is 4.27. The Hall–Kier alpha value is -5.47. The second-order valence-corrected chi connectivity index (χ2v) is 10.8. The van der Waals surface area contributed by atoms with Crippen LogP contribution in [-0.4, -0.2) is 9.55 Å². The van der Waals surface area contributed by atoms with Crippen molar-refractivity contribution >= 4 is 32.6 Å². The van der Waals surface area contributed by atoms with Gasteiger partial charge >= 0.3 is 0 Å². The molecule has 2 nitrogen and oxygen atoms in total. The first-order valence-electron chi connectivity index (χ1n) is 14.1. The van der Waals surface area contributed by atoms with Crippen molar-refractivity contribution in [2.24, 2.45) is 0 Å². The van der Waals surface area contributed by atoms with Gasteiger partial charge in [-0.3, -0.25) is 4.98 Å². The summed E-state index contributed by atoms with van der Waals surface area (Å²) in [7, 11) is 0. The molecule has 2 heteroatoms. The van der Waals surface area contributed by atoms with Gasteiger partial charge < -0.3 is 4.57 Å². The fraction of sp³-hybridized carbons (Fsp3) is 0. The molecule has 41 heavy (non-hydrogen) atoms. The number of para-hydroxylation sites is 1. The molecule has 0 saturated heterocycles. The normalized spacial score (nSPS) is 11.9. The zero-order valence-corrected chi connectivity index (χ0v) is 22.3. The van der Waals surface area contributed by atoms with Crippen LogP contribution < -0.4 is 0 Å². The number of hydrogen-bond acceptors (Lipinski definition) is 1. The Labute approximate surface area is 237 Å². The van der Waals surface area contributed by atoms with Crippen LogP contribution in [0.2, 0.25) is 0 Å². The Morgan fingerprint density at radius 3 is 1.88 bits per heavy atom. The van der Waals surface area contributed by atoms with E-state index in [9.17, 15) is 0 Å². The van der Waals surface area contributed by atoms with Crippen LogP contribution in [-0.2, 0) is 0 Å². The van der Waals surface area contributed by atoms with E-state index in [1.54, 1.807) is 0 Å². The molecule has 190 valence electrons. The topological polar surface area (TPSA) is 17.8 Å². The summed E-state index contributed by atoms with van der Waals surface area (Å²) in [5.41, 5.74) is 13.7. The Balaban J connectivity index is 1.24. The van der Waals surface area contributed by atoms with Crippen molar-refractivity contribution in [3.05, 3.63) is 146 Å². The Morgan fingerprint density at radius 2 is 1.07 bits per heavy atom. The van der Waals surface area contributed by atoms with Crippen LogP contribution in [0, 0.1) is 0 Å². The van der Waals surface area contributed by atoms with Gasteiger partial charge in [0.2, 0.25) is 0 Å². The van der Waals surface area contributed by atoms with Crippen LogP contribution in [0.25, 0.3) is 82.8 Å². The summed E-state index contributed by atoms with van der Waals surface area (Å²) in [6.45, 7) is 0. The standard InChI is InChI=1S/C39H24N2/c1-2-9-30-29(8-1)32-11-5-12-34-37(21-19-33(30)39(32)34)41-36-13-4-3-10-31(36)35-23-27(18-20-38(35)41)25-14-16-26(17-15-25)28-7-6-22-40-24-28/h1-24H. The first kappa shape index (κ1) is 22.4. The van der Waals surface area contributed by atoms with Gasteiger partial charge in [-0.25, -0.2) is 0 Å². The quantitative estimate of drug-likeness (QED) is 0.227. The summed E-state index contributed by atoms with van der Waals surface area (Å²) in [5, 5.41) is 5.17. The van der Waals surface area contributed by atoms with Gasteiger partial charge in [0.15, 0.2) is 0 Å². The smallest absolute Gasteiger partial charge is 0.0541 e. The molecule has 2 aromatic heterocycles. The molecule has 1 aliphatic rings. The lowest BCUT2D eigenvalue weighted by molar-refractivity contribution is 1.20. The maximum Gasteiger partial charge on any atom is 0.0541 e. The zero-order valence-electron chi connectivity index (χ0n) is 22.3. The van der Waals surface area contributed by atoms with Crippen molar-refractivity contribution in [3.8, 4) is 50.2 Å². The van der Waals surface area contributed by atoms with Gasteiger partial charge in [0, 0.05) is 28.6 Å². The highest BCUT2D eigenvalue weighted by molar-refractivity contribution is 6.19. The lowest BCUT2D eigenvalue weighted by atomic mass is 9.99. The number of pyridine rings is 1. The van der Waals surface area contributed by atoms with Crippen molar-refractivity contribution in [2.45, 2.75) is 0 Å². The molecule has 6 aromatic carbocycles. The van der Waals surface area contributed by atoms with E-state index in [0.717, 1.165) is 5.56 Å². The van der Waals surface area contributed by atoms with Crippen LogP contribution in [0.5, 0.6) is 0 Å². The molecule has 8 aromatic rings. The van der Waals surface area contributed by atoms with Crippen molar-refractivity contribution in [3.63, 3.8) is 0 Å². The Morgan fingerprint density at radius 1 is 0.415 bits per heavy atom. The minimum atomic E-state index is 1.13. The average molecular weight is 521 g/mol. The van der Waals surface area contributed by atoms with Gasteiger partial charge in [0.25, 0.3) is 0 Å². The number of rotatable bonds is 3. The van der Waals surface area contributed by atoms with Crippen LogP contribution in [0.3, 0.4) is 0 Å². The monoisotopic (exact) mass is 520 g/mol. The first-order valence-corrected chi connectivity index (χ1v) is 14.1. The van der Waals surface area contributed by atoms with Crippen molar-refractivity contribution in [1.29, 1.82) is 0 Å². The highest BCUT2D eigenvalue weighted by Crippen LogP contribution is 2.49. The zero-order chi connectivity index (χ0) is 26.9. The predicted molar refractivity (Wildman–Crippen MR) is 171 cm³/mol. The molecule has 9 rings (SSSR count). The number of benzene rings is 6. The van der Waals surface area contributed by atoms with E-state index < -0.39 is 0 Å². The van der Waals surface area contributed by atoms with Crippen molar-refractivity contribution in [2.75, 3.05) is 0 Å². The predicted octanol–water partition coefficient (Wildman–Crippen LogP) is 10.3. The summed E-state index contributed by atoms with van der Waals surface area (Å²) in [4.78, 5) is 4.27. The van der Waals surface area contributed by atoms with Crippen molar-refractivity contribution in [1.82, 2.24) is 9.55 Å². The summed E-state index contributed by atoms with van der Waals surface area (Å²) in [6, 6.07) is 48.7. The second-order valence-electron chi connectivity index (χ2n) is 10.8. The number of fused-ring (bicyclic) bond motifs is 6. The molecule has 0 aliphatic heterocycles. The molecular formula is C39H24N2. The van der Waals surface area contributed by atoms with Gasteiger partial charge in [-0.2, -0.15) is 0 Å². The van der Waals surface area contributed by atoms with Gasteiger partial charge in [0.1, 0.15) is 0 Å². The highest BCUT2D eigenvalue weighted by Gasteiger charge is 2.23. The van der Waals surface area contributed by atoms with Crippen LogP contribution in [0.15, 0.2) is 146 Å².